The van der Waals surface area contributed by atoms with E-state index in [2.05, 4.69) is 30.6 Å². The van der Waals surface area contributed by atoms with Gasteiger partial charge in [0.1, 0.15) is 12.0 Å². The molecule has 28 heavy (non-hydrogen) atoms. The SMILES string of the molecule is O=C(Nc1ccc(-c2ccc3nncn3n2)cc1)c1cnc2ccccc2n1. The van der Waals surface area contributed by atoms with Crippen LogP contribution in [0.1, 0.15) is 10.5 Å². The lowest BCUT2D eigenvalue weighted by atomic mass is 10.1. The molecular formula is C20H13N7O. The number of para-hydroxylation sites is 2. The number of fused-ring (bicyclic) bond motifs is 2. The van der Waals surface area contributed by atoms with Crippen molar-refractivity contribution in [1.82, 2.24) is 29.8 Å². The van der Waals surface area contributed by atoms with Gasteiger partial charge in [0.2, 0.25) is 0 Å². The topological polar surface area (TPSA) is 98.0 Å². The van der Waals surface area contributed by atoms with Crippen molar-refractivity contribution in [3.05, 3.63) is 78.9 Å². The number of carbonyl (C=O) groups is 1. The minimum atomic E-state index is -0.310. The van der Waals surface area contributed by atoms with Crippen molar-refractivity contribution in [2.45, 2.75) is 0 Å². The molecule has 0 unspecified atom stereocenters. The van der Waals surface area contributed by atoms with Crippen LogP contribution in [0, 0.1) is 0 Å². The second-order valence-corrected chi connectivity index (χ2v) is 6.13. The van der Waals surface area contributed by atoms with Crippen LogP contribution in [-0.2, 0) is 0 Å². The maximum absolute atomic E-state index is 12.5. The average molecular weight is 367 g/mol. The van der Waals surface area contributed by atoms with E-state index in [1.807, 2.05) is 60.7 Å². The van der Waals surface area contributed by atoms with Gasteiger partial charge in [-0.15, -0.1) is 10.2 Å². The van der Waals surface area contributed by atoms with Crippen LogP contribution in [0.5, 0.6) is 0 Å². The van der Waals surface area contributed by atoms with Crippen molar-refractivity contribution in [2.75, 3.05) is 5.32 Å². The Morgan fingerprint density at radius 2 is 1.75 bits per heavy atom. The van der Waals surface area contributed by atoms with E-state index in [1.54, 1.807) is 10.8 Å². The number of amides is 1. The third kappa shape index (κ3) is 2.92. The number of hydrogen-bond donors (Lipinski definition) is 1. The van der Waals surface area contributed by atoms with Gasteiger partial charge in [-0.1, -0.05) is 24.3 Å². The third-order valence-corrected chi connectivity index (χ3v) is 4.28. The van der Waals surface area contributed by atoms with Crippen LogP contribution in [-0.4, -0.2) is 35.7 Å². The molecule has 134 valence electrons. The summed E-state index contributed by atoms with van der Waals surface area (Å²) in [7, 11) is 0. The first kappa shape index (κ1) is 16.0. The highest BCUT2D eigenvalue weighted by molar-refractivity contribution is 6.03. The van der Waals surface area contributed by atoms with E-state index >= 15 is 0 Å². The minimum Gasteiger partial charge on any atom is -0.321 e. The van der Waals surface area contributed by atoms with Gasteiger partial charge in [-0.25, -0.2) is 4.98 Å². The molecule has 0 spiro atoms. The van der Waals surface area contributed by atoms with E-state index in [9.17, 15) is 4.79 Å². The van der Waals surface area contributed by atoms with Gasteiger partial charge in [0.25, 0.3) is 5.91 Å². The molecule has 8 heteroatoms. The second kappa shape index (κ2) is 6.51. The van der Waals surface area contributed by atoms with Crippen LogP contribution in [0.15, 0.2) is 73.2 Å². The lowest BCUT2D eigenvalue weighted by Crippen LogP contribution is -2.14. The van der Waals surface area contributed by atoms with Gasteiger partial charge in [0.15, 0.2) is 5.65 Å². The molecule has 1 N–H and O–H groups in total. The smallest absolute Gasteiger partial charge is 0.275 e. The number of hydrogen-bond acceptors (Lipinski definition) is 6. The van der Waals surface area contributed by atoms with E-state index < -0.39 is 0 Å². The Morgan fingerprint density at radius 1 is 0.929 bits per heavy atom. The first-order valence-electron chi connectivity index (χ1n) is 8.57. The molecule has 0 fully saturated rings. The highest BCUT2D eigenvalue weighted by atomic mass is 16.1. The molecule has 0 radical (unpaired) electrons. The van der Waals surface area contributed by atoms with Gasteiger partial charge in [-0.2, -0.15) is 9.61 Å². The minimum absolute atomic E-state index is 0.266. The number of anilines is 1. The zero-order chi connectivity index (χ0) is 18.9. The molecule has 0 aliphatic heterocycles. The quantitative estimate of drug-likeness (QED) is 0.526. The third-order valence-electron chi connectivity index (χ3n) is 4.28. The van der Waals surface area contributed by atoms with E-state index in [1.165, 1.54) is 6.20 Å². The summed E-state index contributed by atoms with van der Waals surface area (Å²) in [5, 5.41) is 15.1. The van der Waals surface area contributed by atoms with Crippen LogP contribution in [0.2, 0.25) is 0 Å². The number of nitrogens with one attached hydrogen (secondary N) is 1. The summed E-state index contributed by atoms with van der Waals surface area (Å²) >= 11 is 0. The van der Waals surface area contributed by atoms with Crippen molar-refractivity contribution in [1.29, 1.82) is 0 Å². The first-order chi connectivity index (χ1) is 13.8. The fourth-order valence-electron chi connectivity index (χ4n) is 2.87. The largest absolute Gasteiger partial charge is 0.321 e. The van der Waals surface area contributed by atoms with E-state index in [0.717, 1.165) is 16.8 Å². The Morgan fingerprint density at radius 3 is 2.61 bits per heavy atom. The summed E-state index contributed by atoms with van der Waals surface area (Å²) in [5.41, 5.74) is 4.74. The fraction of sp³-hybridized carbons (Fsp3) is 0. The molecule has 1 amide bonds. The molecule has 3 aromatic heterocycles. The molecule has 2 aromatic carbocycles. The van der Waals surface area contributed by atoms with Crippen LogP contribution in [0.4, 0.5) is 5.69 Å². The second-order valence-electron chi connectivity index (χ2n) is 6.13. The van der Waals surface area contributed by atoms with Crippen LogP contribution in [0.3, 0.4) is 0 Å². The molecule has 0 aliphatic rings. The van der Waals surface area contributed by atoms with Crippen molar-refractivity contribution < 1.29 is 4.79 Å². The number of nitrogens with zero attached hydrogens (tertiary/aromatic N) is 6. The van der Waals surface area contributed by atoms with E-state index in [-0.39, 0.29) is 11.6 Å². The Hall–Kier alpha value is -4.20. The van der Waals surface area contributed by atoms with Gasteiger partial charge in [0.05, 0.1) is 22.9 Å². The van der Waals surface area contributed by atoms with Crippen LogP contribution in [0.25, 0.3) is 27.9 Å². The Labute approximate surface area is 158 Å². The summed E-state index contributed by atoms with van der Waals surface area (Å²) in [6.07, 6.45) is 3.03. The number of carbonyl (C=O) groups excluding carboxylic acids is 1. The van der Waals surface area contributed by atoms with Crippen molar-refractivity contribution in [2.24, 2.45) is 0 Å². The summed E-state index contributed by atoms with van der Waals surface area (Å²) < 4.78 is 1.61. The number of rotatable bonds is 3. The molecule has 5 rings (SSSR count). The van der Waals surface area contributed by atoms with Gasteiger partial charge in [-0.05, 0) is 36.4 Å². The molecule has 8 nitrogen and oxygen atoms in total. The number of aromatic nitrogens is 6. The van der Waals surface area contributed by atoms with Crippen molar-refractivity contribution in [3.8, 4) is 11.3 Å². The zero-order valence-electron chi connectivity index (χ0n) is 14.5. The van der Waals surface area contributed by atoms with Crippen molar-refractivity contribution in [3.63, 3.8) is 0 Å². The summed E-state index contributed by atoms with van der Waals surface area (Å²) in [6, 6.07) is 18.6. The molecular weight excluding hydrogens is 354 g/mol. The van der Waals surface area contributed by atoms with Gasteiger partial charge in [0, 0.05) is 11.3 Å². The van der Waals surface area contributed by atoms with E-state index in [4.69, 9.17) is 0 Å². The summed E-state index contributed by atoms with van der Waals surface area (Å²) in [6.45, 7) is 0. The molecule has 3 heterocycles. The molecule has 0 saturated heterocycles. The Kier molecular flexibility index (Phi) is 3.72. The highest BCUT2D eigenvalue weighted by Crippen LogP contribution is 2.20. The predicted octanol–water partition coefficient (Wildman–Crippen LogP) is 2.99. The van der Waals surface area contributed by atoms with Crippen LogP contribution >= 0.6 is 0 Å². The lowest BCUT2D eigenvalue weighted by Gasteiger charge is -2.07. The van der Waals surface area contributed by atoms with Crippen LogP contribution < -0.4 is 5.32 Å². The maximum Gasteiger partial charge on any atom is 0.275 e. The summed E-state index contributed by atoms with van der Waals surface area (Å²) in [5.74, 6) is -0.310. The average Bonchev–Trinajstić information content (AvgIpc) is 3.22. The van der Waals surface area contributed by atoms with Gasteiger partial charge >= 0.3 is 0 Å². The first-order valence-corrected chi connectivity index (χ1v) is 8.57. The highest BCUT2D eigenvalue weighted by Gasteiger charge is 2.10. The summed E-state index contributed by atoms with van der Waals surface area (Å²) in [4.78, 5) is 21.1. The van der Waals surface area contributed by atoms with E-state index in [0.29, 0.717) is 16.9 Å². The van der Waals surface area contributed by atoms with Gasteiger partial charge in [-0.3, -0.25) is 9.78 Å². The normalized spacial score (nSPS) is 11.0. The standard InChI is InChI=1S/C20H13N7O/c28-20(18-11-21-16-3-1-2-4-17(16)24-18)23-14-7-5-13(6-8-14)15-9-10-19-25-22-12-27(19)26-15/h1-12H,(H,23,28). The Balaban J connectivity index is 1.36. The van der Waals surface area contributed by atoms with Gasteiger partial charge < -0.3 is 5.32 Å². The maximum atomic E-state index is 12.5. The molecule has 0 aliphatic carbocycles. The molecule has 0 bridgehead atoms. The number of benzene rings is 2. The predicted molar refractivity (Wildman–Crippen MR) is 104 cm³/mol. The molecule has 5 aromatic rings. The monoisotopic (exact) mass is 367 g/mol. The molecule has 0 saturated carbocycles. The van der Waals surface area contributed by atoms with Crippen molar-refractivity contribution >= 4 is 28.3 Å². The lowest BCUT2D eigenvalue weighted by molar-refractivity contribution is 0.102. The fourth-order valence-corrected chi connectivity index (χ4v) is 2.87. The Bertz CT molecular complexity index is 1310. The molecule has 0 atom stereocenters. The zero-order valence-corrected chi connectivity index (χ0v) is 14.5.